The SMILES string of the molecule is COc1cc(CN[C@@H](C)C(=O)OC(C)(C)C)c(-c2ccccc2)cc1OC. The largest absolute Gasteiger partial charge is 0.493 e. The van der Waals surface area contributed by atoms with Crippen LogP contribution < -0.4 is 14.8 Å². The van der Waals surface area contributed by atoms with Crippen molar-refractivity contribution >= 4 is 5.97 Å². The zero-order chi connectivity index (χ0) is 20.0. The Kier molecular flexibility index (Phi) is 6.86. The number of rotatable bonds is 7. The minimum Gasteiger partial charge on any atom is -0.493 e. The lowest BCUT2D eigenvalue weighted by atomic mass is 9.98. The first kappa shape index (κ1) is 20.8. The number of carbonyl (C=O) groups excluding carboxylic acids is 1. The molecule has 1 atom stereocenters. The molecule has 5 heteroatoms. The second kappa shape index (κ2) is 8.91. The molecule has 146 valence electrons. The van der Waals surface area contributed by atoms with Gasteiger partial charge in [-0.15, -0.1) is 0 Å². The predicted octanol–water partition coefficient (Wildman–Crippen LogP) is 4.19. The molecule has 0 aliphatic rings. The second-order valence-electron chi connectivity index (χ2n) is 7.37. The molecule has 0 spiro atoms. The van der Waals surface area contributed by atoms with Crippen molar-refractivity contribution in [2.75, 3.05) is 14.2 Å². The van der Waals surface area contributed by atoms with E-state index in [4.69, 9.17) is 14.2 Å². The van der Waals surface area contributed by atoms with Gasteiger partial charge in [-0.1, -0.05) is 30.3 Å². The Labute approximate surface area is 161 Å². The summed E-state index contributed by atoms with van der Waals surface area (Å²) in [7, 11) is 3.23. The average Bonchev–Trinajstić information content (AvgIpc) is 2.64. The van der Waals surface area contributed by atoms with Gasteiger partial charge >= 0.3 is 5.97 Å². The lowest BCUT2D eigenvalue weighted by Gasteiger charge is -2.23. The first-order valence-electron chi connectivity index (χ1n) is 9.01. The fourth-order valence-electron chi connectivity index (χ4n) is 2.69. The van der Waals surface area contributed by atoms with Gasteiger partial charge in [-0.25, -0.2) is 0 Å². The molecule has 1 N–H and O–H groups in total. The van der Waals surface area contributed by atoms with Crippen molar-refractivity contribution in [3.8, 4) is 22.6 Å². The molecule has 0 aliphatic carbocycles. The standard InChI is InChI=1S/C22H29NO4/c1-15(21(24)27-22(2,3)4)23-14-17-12-19(25-5)20(26-6)13-18(17)16-10-8-7-9-11-16/h7-13,15,23H,14H2,1-6H3/t15-/m0/s1. The van der Waals surface area contributed by atoms with Crippen LogP contribution in [0.4, 0.5) is 0 Å². The van der Waals surface area contributed by atoms with Gasteiger partial charge < -0.3 is 19.5 Å². The Hall–Kier alpha value is -2.53. The summed E-state index contributed by atoms with van der Waals surface area (Å²) < 4.78 is 16.3. The number of carbonyl (C=O) groups is 1. The summed E-state index contributed by atoms with van der Waals surface area (Å²) in [6.07, 6.45) is 0. The molecule has 0 saturated carbocycles. The molecule has 0 saturated heterocycles. The molecule has 0 bridgehead atoms. The molecule has 0 fully saturated rings. The van der Waals surface area contributed by atoms with Gasteiger partial charge in [-0.2, -0.15) is 0 Å². The molecule has 0 radical (unpaired) electrons. The van der Waals surface area contributed by atoms with E-state index in [1.165, 1.54) is 0 Å². The predicted molar refractivity (Wildman–Crippen MR) is 107 cm³/mol. The quantitative estimate of drug-likeness (QED) is 0.740. The molecule has 27 heavy (non-hydrogen) atoms. The lowest BCUT2D eigenvalue weighted by molar-refractivity contribution is -0.157. The van der Waals surface area contributed by atoms with E-state index in [2.05, 4.69) is 5.32 Å². The number of ether oxygens (including phenoxy) is 3. The number of hydrogen-bond donors (Lipinski definition) is 1. The van der Waals surface area contributed by atoms with Crippen LogP contribution in [0.5, 0.6) is 11.5 Å². The van der Waals surface area contributed by atoms with Crippen LogP contribution in [0.1, 0.15) is 33.3 Å². The summed E-state index contributed by atoms with van der Waals surface area (Å²) in [6.45, 7) is 7.88. The third kappa shape index (κ3) is 5.73. The zero-order valence-corrected chi connectivity index (χ0v) is 17.0. The van der Waals surface area contributed by atoms with Gasteiger partial charge in [0.2, 0.25) is 0 Å². The summed E-state index contributed by atoms with van der Waals surface area (Å²) in [5, 5.41) is 3.25. The normalized spacial score (nSPS) is 12.4. The van der Waals surface area contributed by atoms with Gasteiger partial charge in [-0.05, 0) is 56.5 Å². The van der Waals surface area contributed by atoms with Crippen molar-refractivity contribution in [2.24, 2.45) is 0 Å². The van der Waals surface area contributed by atoms with Crippen molar-refractivity contribution in [1.82, 2.24) is 5.32 Å². The first-order chi connectivity index (χ1) is 12.7. The maximum absolute atomic E-state index is 12.2. The topological polar surface area (TPSA) is 56.8 Å². The highest BCUT2D eigenvalue weighted by molar-refractivity contribution is 5.76. The number of hydrogen-bond acceptors (Lipinski definition) is 5. The maximum Gasteiger partial charge on any atom is 0.323 e. The molecule has 0 aromatic heterocycles. The molecule has 0 aliphatic heterocycles. The Morgan fingerprint density at radius 1 is 1.04 bits per heavy atom. The van der Waals surface area contributed by atoms with Crippen LogP contribution in [0.15, 0.2) is 42.5 Å². The van der Waals surface area contributed by atoms with E-state index < -0.39 is 11.6 Å². The summed E-state index contributed by atoms with van der Waals surface area (Å²) in [5.74, 6) is 1.04. The molecule has 0 unspecified atom stereocenters. The second-order valence-corrected chi connectivity index (χ2v) is 7.37. The molecule has 2 rings (SSSR count). The number of nitrogens with one attached hydrogen (secondary N) is 1. The summed E-state index contributed by atoms with van der Waals surface area (Å²) in [5.41, 5.74) is 2.59. The van der Waals surface area contributed by atoms with Crippen molar-refractivity contribution < 1.29 is 19.0 Å². The van der Waals surface area contributed by atoms with Crippen LogP contribution in [-0.4, -0.2) is 31.8 Å². The van der Waals surface area contributed by atoms with Gasteiger partial charge in [0, 0.05) is 6.54 Å². The van der Waals surface area contributed by atoms with Gasteiger partial charge in [0.25, 0.3) is 0 Å². The average molecular weight is 371 g/mol. The van der Waals surface area contributed by atoms with Crippen molar-refractivity contribution in [3.05, 3.63) is 48.0 Å². The molecular weight excluding hydrogens is 342 g/mol. The van der Waals surface area contributed by atoms with Crippen molar-refractivity contribution in [3.63, 3.8) is 0 Å². The number of benzene rings is 2. The van der Waals surface area contributed by atoms with E-state index in [0.717, 1.165) is 16.7 Å². The van der Waals surface area contributed by atoms with E-state index in [-0.39, 0.29) is 5.97 Å². The van der Waals surface area contributed by atoms with E-state index in [0.29, 0.717) is 18.0 Å². The first-order valence-corrected chi connectivity index (χ1v) is 9.01. The lowest BCUT2D eigenvalue weighted by Crippen LogP contribution is -2.38. The molecular formula is C22H29NO4. The third-order valence-electron chi connectivity index (χ3n) is 4.05. The van der Waals surface area contributed by atoms with Gasteiger partial charge in [0.1, 0.15) is 11.6 Å². The van der Waals surface area contributed by atoms with Crippen LogP contribution in [0.25, 0.3) is 11.1 Å². The van der Waals surface area contributed by atoms with E-state index in [1.807, 2.05) is 63.2 Å². The van der Waals surface area contributed by atoms with Crippen LogP contribution in [0.3, 0.4) is 0 Å². The summed E-state index contributed by atoms with van der Waals surface area (Å²) in [6, 6.07) is 13.5. The van der Waals surface area contributed by atoms with Gasteiger partial charge in [0.15, 0.2) is 11.5 Å². The van der Waals surface area contributed by atoms with Crippen LogP contribution in [0.2, 0.25) is 0 Å². The van der Waals surface area contributed by atoms with Gasteiger partial charge in [-0.3, -0.25) is 4.79 Å². The zero-order valence-electron chi connectivity index (χ0n) is 17.0. The van der Waals surface area contributed by atoms with Crippen LogP contribution >= 0.6 is 0 Å². The maximum atomic E-state index is 12.2. The smallest absolute Gasteiger partial charge is 0.323 e. The monoisotopic (exact) mass is 371 g/mol. The molecule has 5 nitrogen and oxygen atoms in total. The highest BCUT2D eigenvalue weighted by atomic mass is 16.6. The Bertz CT molecular complexity index is 766. The Morgan fingerprint density at radius 3 is 2.19 bits per heavy atom. The van der Waals surface area contributed by atoms with E-state index in [1.54, 1.807) is 21.1 Å². The van der Waals surface area contributed by atoms with E-state index in [9.17, 15) is 4.79 Å². The molecule has 0 amide bonds. The highest BCUT2D eigenvalue weighted by Gasteiger charge is 2.22. The highest BCUT2D eigenvalue weighted by Crippen LogP contribution is 2.35. The Balaban J connectivity index is 2.28. The fourth-order valence-corrected chi connectivity index (χ4v) is 2.69. The molecule has 2 aromatic carbocycles. The summed E-state index contributed by atoms with van der Waals surface area (Å²) in [4.78, 5) is 12.2. The number of esters is 1. The minimum absolute atomic E-state index is 0.274. The van der Waals surface area contributed by atoms with Crippen LogP contribution in [0, 0.1) is 0 Å². The fraction of sp³-hybridized carbons (Fsp3) is 0.409. The van der Waals surface area contributed by atoms with Crippen LogP contribution in [-0.2, 0) is 16.1 Å². The van der Waals surface area contributed by atoms with Crippen molar-refractivity contribution in [2.45, 2.75) is 45.9 Å². The Morgan fingerprint density at radius 2 is 1.63 bits per heavy atom. The molecule has 0 heterocycles. The molecule has 2 aromatic rings. The third-order valence-corrected chi connectivity index (χ3v) is 4.05. The minimum atomic E-state index is -0.508. The van der Waals surface area contributed by atoms with Crippen molar-refractivity contribution in [1.29, 1.82) is 0 Å². The van der Waals surface area contributed by atoms with E-state index >= 15 is 0 Å². The number of methoxy groups -OCH3 is 2. The van der Waals surface area contributed by atoms with Gasteiger partial charge in [0.05, 0.1) is 14.2 Å². The summed E-state index contributed by atoms with van der Waals surface area (Å²) >= 11 is 0.